The fraction of sp³-hybridized carbons (Fsp3) is 0.321. The Hall–Kier alpha value is -3.99. The van der Waals surface area contributed by atoms with Gasteiger partial charge in [-0.1, -0.05) is 12.1 Å². The molecule has 0 bridgehead atoms. The predicted octanol–water partition coefficient (Wildman–Crippen LogP) is 5.19. The van der Waals surface area contributed by atoms with Crippen LogP contribution in [0.25, 0.3) is 0 Å². The van der Waals surface area contributed by atoms with Gasteiger partial charge in [0.15, 0.2) is 11.7 Å². The molecule has 204 valence electrons. The fourth-order valence-corrected chi connectivity index (χ4v) is 5.74. The minimum atomic E-state index is -0.726. The van der Waals surface area contributed by atoms with Gasteiger partial charge in [-0.3, -0.25) is 14.7 Å². The lowest BCUT2D eigenvalue weighted by Gasteiger charge is -2.34. The molecule has 0 spiro atoms. The number of amides is 1. The number of aromatic nitrogens is 1. The van der Waals surface area contributed by atoms with E-state index < -0.39 is 29.5 Å². The van der Waals surface area contributed by atoms with E-state index in [1.54, 1.807) is 30.0 Å². The molecule has 1 amide bonds. The van der Waals surface area contributed by atoms with Crippen LogP contribution in [0.15, 0.2) is 58.2 Å². The number of thiazole rings is 1. The van der Waals surface area contributed by atoms with Crippen molar-refractivity contribution in [1.82, 2.24) is 9.88 Å². The van der Waals surface area contributed by atoms with Gasteiger partial charge >= 0.3 is 0 Å². The van der Waals surface area contributed by atoms with Crippen LogP contribution in [-0.4, -0.2) is 60.1 Å². The number of nitrogens with zero attached hydrogens (tertiary/aromatic N) is 4. The first-order valence-electron chi connectivity index (χ1n) is 12.4. The normalized spacial score (nSPS) is 20.8. The van der Waals surface area contributed by atoms with Crippen molar-refractivity contribution in [3.8, 4) is 11.5 Å². The molecule has 39 heavy (non-hydrogen) atoms. The van der Waals surface area contributed by atoms with E-state index in [1.165, 1.54) is 48.7 Å². The van der Waals surface area contributed by atoms with Crippen LogP contribution in [0.2, 0.25) is 0 Å². The summed E-state index contributed by atoms with van der Waals surface area (Å²) in [4.78, 5) is 26.5. The maximum Gasteiger partial charge on any atom is 0.267 e. The molecule has 3 heterocycles. The Morgan fingerprint density at radius 1 is 1.10 bits per heavy atom. The molecule has 2 unspecified atom stereocenters. The lowest BCUT2D eigenvalue weighted by atomic mass is 9.97. The Labute approximate surface area is 228 Å². The fourth-order valence-electron chi connectivity index (χ4n) is 5.15. The SMILES string of the molecule is COc1cccc(OC)c1N1C(=O)C(=C(O)N2CCC(c3c(F)cccc3F)C2)C(C)N=C1c1csc(C)n1. The predicted molar refractivity (Wildman–Crippen MR) is 145 cm³/mol. The quantitative estimate of drug-likeness (QED) is 0.334. The van der Waals surface area contributed by atoms with Crippen molar-refractivity contribution in [2.45, 2.75) is 32.2 Å². The van der Waals surface area contributed by atoms with E-state index in [1.807, 2.05) is 12.3 Å². The number of benzene rings is 2. The second-order valence-electron chi connectivity index (χ2n) is 9.34. The van der Waals surface area contributed by atoms with Gasteiger partial charge in [-0.25, -0.2) is 13.8 Å². The Balaban J connectivity index is 1.60. The topological polar surface area (TPSA) is 87.5 Å². The summed E-state index contributed by atoms with van der Waals surface area (Å²) in [6, 6.07) is 8.18. The Bertz CT molecular complexity index is 1450. The van der Waals surface area contributed by atoms with E-state index >= 15 is 0 Å². The summed E-state index contributed by atoms with van der Waals surface area (Å²) in [5.41, 5.74) is 0.857. The number of halogens is 2. The highest BCUT2D eigenvalue weighted by molar-refractivity contribution is 7.09. The van der Waals surface area contributed by atoms with Crippen LogP contribution < -0.4 is 14.4 Å². The van der Waals surface area contributed by atoms with Crippen LogP contribution in [0, 0.1) is 18.6 Å². The van der Waals surface area contributed by atoms with Gasteiger partial charge < -0.3 is 19.5 Å². The van der Waals surface area contributed by atoms with Crippen LogP contribution in [0.5, 0.6) is 11.5 Å². The number of ether oxygens (including phenoxy) is 2. The summed E-state index contributed by atoms with van der Waals surface area (Å²) in [5, 5.41) is 14.0. The van der Waals surface area contributed by atoms with Gasteiger partial charge in [-0.15, -0.1) is 11.3 Å². The summed E-state index contributed by atoms with van der Waals surface area (Å²) >= 11 is 1.42. The van der Waals surface area contributed by atoms with E-state index in [0.717, 1.165) is 5.01 Å². The van der Waals surface area contributed by atoms with E-state index in [9.17, 15) is 18.7 Å². The van der Waals surface area contributed by atoms with Crippen LogP contribution in [0.1, 0.15) is 35.5 Å². The largest absolute Gasteiger partial charge is 0.494 e. The summed E-state index contributed by atoms with van der Waals surface area (Å²) in [6.07, 6.45) is 0.411. The molecule has 2 aromatic carbocycles. The smallest absolute Gasteiger partial charge is 0.267 e. The average Bonchev–Trinajstić information content (AvgIpc) is 3.57. The van der Waals surface area contributed by atoms with Crippen molar-refractivity contribution < 1.29 is 28.2 Å². The highest BCUT2D eigenvalue weighted by Crippen LogP contribution is 2.42. The number of hydrogen-bond donors (Lipinski definition) is 1. The number of amidine groups is 1. The molecular weight excluding hydrogens is 526 g/mol. The third-order valence-electron chi connectivity index (χ3n) is 6.99. The molecule has 11 heteroatoms. The van der Waals surface area contributed by atoms with Crippen LogP contribution in [0.4, 0.5) is 14.5 Å². The first kappa shape index (κ1) is 26.6. The van der Waals surface area contributed by atoms with Crippen LogP contribution >= 0.6 is 11.3 Å². The number of para-hydroxylation sites is 1. The zero-order chi connectivity index (χ0) is 27.8. The summed E-state index contributed by atoms with van der Waals surface area (Å²) in [5.74, 6) is -1.51. The summed E-state index contributed by atoms with van der Waals surface area (Å²) in [6.45, 7) is 4.03. The second-order valence-corrected chi connectivity index (χ2v) is 10.4. The van der Waals surface area contributed by atoms with Crippen molar-refractivity contribution in [3.63, 3.8) is 0 Å². The van der Waals surface area contributed by atoms with E-state index in [2.05, 4.69) is 4.98 Å². The third kappa shape index (κ3) is 4.71. The molecular formula is C28H28F2N4O4S. The van der Waals surface area contributed by atoms with Crippen molar-refractivity contribution in [2.24, 2.45) is 4.99 Å². The number of aliphatic hydroxyl groups excluding tert-OH is 1. The van der Waals surface area contributed by atoms with Gasteiger partial charge in [0, 0.05) is 30.0 Å². The highest BCUT2D eigenvalue weighted by Gasteiger charge is 2.41. The molecule has 1 aromatic heterocycles. The van der Waals surface area contributed by atoms with Gasteiger partial charge in [0.1, 0.15) is 40.1 Å². The minimum Gasteiger partial charge on any atom is -0.494 e. The molecule has 8 nitrogen and oxygen atoms in total. The van der Waals surface area contributed by atoms with Gasteiger partial charge in [0.2, 0.25) is 0 Å². The molecule has 2 aliphatic heterocycles. The number of aryl methyl sites for hydroxylation is 1. The zero-order valence-corrected chi connectivity index (χ0v) is 22.8. The van der Waals surface area contributed by atoms with Gasteiger partial charge in [0.25, 0.3) is 5.91 Å². The second kappa shape index (κ2) is 10.6. The van der Waals surface area contributed by atoms with Crippen LogP contribution in [0.3, 0.4) is 0 Å². The molecule has 0 saturated carbocycles. The molecule has 2 atom stereocenters. The summed E-state index contributed by atoms with van der Waals surface area (Å²) < 4.78 is 40.1. The number of likely N-dealkylation sites (tertiary alicyclic amines) is 1. The van der Waals surface area contributed by atoms with Gasteiger partial charge in [0.05, 0.1) is 25.3 Å². The monoisotopic (exact) mass is 554 g/mol. The lowest BCUT2D eigenvalue weighted by molar-refractivity contribution is -0.115. The molecule has 2 aliphatic rings. The molecule has 1 saturated heterocycles. The van der Waals surface area contributed by atoms with Crippen molar-refractivity contribution in [2.75, 3.05) is 32.2 Å². The Morgan fingerprint density at radius 2 is 1.74 bits per heavy atom. The zero-order valence-electron chi connectivity index (χ0n) is 21.9. The van der Waals surface area contributed by atoms with E-state index in [0.29, 0.717) is 41.7 Å². The number of carbonyl (C=O) groups excluding carboxylic acids is 1. The summed E-state index contributed by atoms with van der Waals surface area (Å²) in [7, 11) is 2.97. The highest BCUT2D eigenvalue weighted by atomic mass is 32.1. The van der Waals surface area contributed by atoms with Crippen molar-refractivity contribution >= 4 is 28.8 Å². The molecule has 3 aromatic rings. The van der Waals surface area contributed by atoms with E-state index in [-0.39, 0.29) is 23.6 Å². The average molecular weight is 555 g/mol. The third-order valence-corrected chi connectivity index (χ3v) is 7.76. The van der Waals surface area contributed by atoms with Crippen molar-refractivity contribution in [3.05, 3.63) is 81.1 Å². The lowest BCUT2D eigenvalue weighted by Crippen LogP contribution is -2.46. The minimum absolute atomic E-state index is 0.0135. The number of hydrogen-bond acceptors (Lipinski definition) is 8. The number of aliphatic imine (C=N–C) groups is 1. The number of aliphatic hydroxyl groups is 1. The van der Waals surface area contributed by atoms with Crippen LogP contribution in [-0.2, 0) is 4.79 Å². The molecule has 1 N–H and O–H groups in total. The molecule has 0 aliphatic carbocycles. The molecule has 5 rings (SSSR count). The number of methoxy groups -OCH3 is 2. The van der Waals surface area contributed by atoms with Gasteiger partial charge in [-0.05, 0) is 44.5 Å². The Kier molecular flexibility index (Phi) is 7.26. The van der Waals surface area contributed by atoms with E-state index in [4.69, 9.17) is 14.5 Å². The maximum atomic E-state index is 14.5. The Morgan fingerprint density at radius 3 is 2.33 bits per heavy atom. The van der Waals surface area contributed by atoms with Crippen molar-refractivity contribution in [1.29, 1.82) is 0 Å². The number of rotatable bonds is 6. The molecule has 0 radical (unpaired) electrons. The number of carbonyl (C=O) groups is 1. The number of anilines is 1. The standard InChI is InChI=1S/C28H28F2N4O4S/c1-15-23(27(35)33-12-11-17(13-33)24-18(29)7-5-8-19(24)30)28(36)34(26(31-15)20-14-39-16(2)32-20)25-21(37-3)9-6-10-22(25)38-4/h5-10,14-15,17,35H,11-13H2,1-4H3. The van der Waals surface area contributed by atoms with Gasteiger partial charge in [-0.2, -0.15) is 0 Å². The first-order chi connectivity index (χ1) is 18.7. The maximum absolute atomic E-state index is 14.5. The molecule has 1 fully saturated rings. The first-order valence-corrected chi connectivity index (χ1v) is 13.3.